The molecule has 1 amide bonds. The number of carbonyl (C=O) groups excluding carboxylic acids is 1. The number of rotatable bonds is 4. The van der Waals surface area contributed by atoms with E-state index < -0.39 is 0 Å². The molecule has 1 fully saturated rings. The van der Waals surface area contributed by atoms with E-state index in [2.05, 4.69) is 16.7 Å². The Morgan fingerprint density at radius 1 is 1.35 bits per heavy atom. The molecule has 3 heteroatoms. The summed E-state index contributed by atoms with van der Waals surface area (Å²) in [4.78, 5) is 11.8. The topological polar surface area (TPSA) is 41.1 Å². The monoisotopic (exact) mass is 236 g/mol. The molecule has 0 spiro atoms. The van der Waals surface area contributed by atoms with E-state index in [1.54, 1.807) is 0 Å². The number of piperidine rings is 1. The van der Waals surface area contributed by atoms with Crippen LogP contribution < -0.4 is 10.6 Å². The Labute approximate surface area is 104 Å². The molecule has 2 N–H and O–H groups in total. The van der Waals surface area contributed by atoms with Crippen LogP contribution in [0.1, 0.15) is 51.4 Å². The third-order valence-electron chi connectivity index (χ3n) is 3.73. The lowest BCUT2D eigenvalue weighted by molar-refractivity contribution is -0.120. The van der Waals surface area contributed by atoms with Crippen LogP contribution >= 0.6 is 0 Å². The average molecular weight is 236 g/mol. The molecular formula is C14H24N2O. The number of hydrogen-bond acceptors (Lipinski definition) is 2. The van der Waals surface area contributed by atoms with Crippen LogP contribution in [-0.4, -0.2) is 25.0 Å². The van der Waals surface area contributed by atoms with Gasteiger partial charge in [0.15, 0.2) is 0 Å². The molecule has 17 heavy (non-hydrogen) atoms. The van der Waals surface area contributed by atoms with E-state index in [0.29, 0.717) is 12.5 Å². The second-order valence-electron chi connectivity index (χ2n) is 5.24. The van der Waals surface area contributed by atoms with Gasteiger partial charge in [-0.15, -0.1) is 0 Å². The van der Waals surface area contributed by atoms with Crippen molar-refractivity contribution in [2.24, 2.45) is 0 Å². The van der Waals surface area contributed by atoms with Gasteiger partial charge in [-0.1, -0.05) is 18.1 Å². The van der Waals surface area contributed by atoms with E-state index in [1.807, 2.05) is 0 Å². The Bertz CT molecular complexity index is 280. The van der Waals surface area contributed by atoms with Gasteiger partial charge >= 0.3 is 0 Å². The van der Waals surface area contributed by atoms with Crippen LogP contribution in [0.25, 0.3) is 0 Å². The van der Waals surface area contributed by atoms with Crippen molar-refractivity contribution < 1.29 is 4.79 Å². The Morgan fingerprint density at radius 3 is 3.00 bits per heavy atom. The van der Waals surface area contributed by atoms with Gasteiger partial charge < -0.3 is 10.6 Å². The smallest absolute Gasteiger partial charge is 0.224 e. The fourth-order valence-corrected chi connectivity index (χ4v) is 2.67. The van der Waals surface area contributed by atoms with Crippen LogP contribution in [0.15, 0.2) is 11.6 Å². The third kappa shape index (κ3) is 4.50. The van der Waals surface area contributed by atoms with Crippen LogP contribution in [0.5, 0.6) is 0 Å². The van der Waals surface area contributed by atoms with E-state index in [1.165, 1.54) is 37.7 Å². The first-order chi connectivity index (χ1) is 8.34. The lowest BCUT2D eigenvalue weighted by Crippen LogP contribution is -2.43. The molecule has 0 aromatic heterocycles. The van der Waals surface area contributed by atoms with Gasteiger partial charge in [0.05, 0.1) is 0 Å². The molecule has 0 radical (unpaired) electrons. The molecule has 1 atom stereocenters. The highest BCUT2D eigenvalue weighted by atomic mass is 16.1. The summed E-state index contributed by atoms with van der Waals surface area (Å²) in [6, 6.07) is 0.494. The van der Waals surface area contributed by atoms with Crippen molar-refractivity contribution in [3.05, 3.63) is 11.6 Å². The number of amides is 1. The molecule has 1 saturated heterocycles. The van der Waals surface area contributed by atoms with Gasteiger partial charge in [-0.05, 0) is 45.1 Å². The van der Waals surface area contributed by atoms with Gasteiger partial charge in [0.25, 0.3) is 0 Å². The van der Waals surface area contributed by atoms with Gasteiger partial charge in [-0.25, -0.2) is 0 Å². The largest absolute Gasteiger partial charge is 0.354 e. The van der Waals surface area contributed by atoms with Crippen molar-refractivity contribution in [3.63, 3.8) is 0 Å². The molecule has 0 bridgehead atoms. The number of carbonyl (C=O) groups is 1. The second-order valence-corrected chi connectivity index (χ2v) is 5.24. The van der Waals surface area contributed by atoms with E-state index in [4.69, 9.17) is 0 Å². The Morgan fingerprint density at radius 2 is 2.29 bits per heavy atom. The summed E-state index contributed by atoms with van der Waals surface area (Å²) in [6.07, 6.45) is 11.5. The SMILES string of the molecule is O=C(CC1=CCCCC1)NCC1CCCCN1. The van der Waals surface area contributed by atoms with Gasteiger partial charge in [0.2, 0.25) is 5.91 Å². The summed E-state index contributed by atoms with van der Waals surface area (Å²) in [5, 5.41) is 6.51. The number of nitrogens with one attached hydrogen (secondary N) is 2. The quantitative estimate of drug-likeness (QED) is 0.734. The van der Waals surface area contributed by atoms with Crippen molar-refractivity contribution in [3.8, 4) is 0 Å². The maximum Gasteiger partial charge on any atom is 0.224 e. The standard InChI is InChI=1S/C14H24N2O/c17-14(10-12-6-2-1-3-7-12)16-11-13-8-4-5-9-15-13/h6,13,15H,1-5,7-11H2,(H,16,17). The zero-order valence-corrected chi connectivity index (χ0v) is 10.6. The zero-order chi connectivity index (χ0) is 11.9. The predicted octanol–water partition coefficient (Wildman–Crippen LogP) is 2.14. The first-order valence-electron chi connectivity index (χ1n) is 7.02. The fourth-order valence-electron chi connectivity index (χ4n) is 2.67. The first-order valence-corrected chi connectivity index (χ1v) is 7.02. The van der Waals surface area contributed by atoms with Crippen LogP contribution in [0, 0.1) is 0 Å². The minimum atomic E-state index is 0.200. The van der Waals surface area contributed by atoms with E-state index in [-0.39, 0.29) is 5.91 Å². The lowest BCUT2D eigenvalue weighted by Gasteiger charge is -2.23. The molecule has 1 aliphatic carbocycles. The molecule has 0 aromatic rings. The summed E-state index contributed by atoms with van der Waals surface area (Å²) in [5.41, 5.74) is 1.34. The second kappa shape index (κ2) is 6.80. The van der Waals surface area contributed by atoms with Crippen molar-refractivity contribution in [2.45, 2.75) is 57.4 Å². The van der Waals surface area contributed by atoms with Gasteiger partial charge in [-0.3, -0.25) is 4.79 Å². The minimum Gasteiger partial charge on any atom is -0.354 e. The van der Waals surface area contributed by atoms with Gasteiger partial charge in [0, 0.05) is 19.0 Å². The summed E-state index contributed by atoms with van der Waals surface area (Å²) in [7, 11) is 0. The van der Waals surface area contributed by atoms with E-state index in [0.717, 1.165) is 25.9 Å². The summed E-state index contributed by atoms with van der Waals surface area (Å²) >= 11 is 0. The summed E-state index contributed by atoms with van der Waals surface area (Å²) in [5.74, 6) is 0.200. The molecule has 2 rings (SSSR count). The van der Waals surface area contributed by atoms with Crippen molar-refractivity contribution >= 4 is 5.91 Å². The predicted molar refractivity (Wildman–Crippen MR) is 69.8 cm³/mol. The normalized spacial score (nSPS) is 25.2. The van der Waals surface area contributed by atoms with Crippen molar-refractivity contribution in [1.82, 2.24) is 10.6 Å². The molecule has 0 saturated carbocycles. The number of hydrogen-bond donors (Lipinski definition) is 2. The molecule has 0 aromatic carbocycles. The first kappa shape index (κ1) is 12.6. The maximum absolute atomic E-state index is 11.8. The molecule has 1 aliphatic heterocycles. The highest BCUT2D eigenvalue weighted by molar-refractivity contribution is 5.78. The van der Waals surface area contributed by atoms with Crippen LogP contribution in [0.3, 0.4) is 0 Å². The van der Waals surface area contributed by atoms with Crippen molar-refractivity contribution in [2.75, 3.05) is 13.1 Å². The van der Waals surface area contributed by atoms with Gasteiger partial charge in [0.1, 0.15) is 0 Å². The lowest BCUT2D eigenvalue weighted by atomic mass is 9.97. The Hall–Kier alpha value is -0.830. The average Bonchev–Trinajstić information content (AvgIpc) is 2.39. The summed E-state index contributed by atoms with van der Waals surface area (Å²) < 4.78 is 0. The summed E-state index contributed by atoms with van der Waals surface area (Å²) in [6.45, 7) is 1.90. The van der Waals surface area contributed by atoms with Crippen LogP contribution in [-0.2, 0) is 4.79 Å². The highest BCUT2D eigenvalue weighted by Gasteiger charge is 2.14. The highest BCUT2D eigenvalue weighted by Crippen LogP contribution is 2.19. The molecule has 1 unspecified atom stereocenters. The molecule has 1 heterocycles. The Kier molecular flexibility index (Phi) is 5.05. The minimum absolute atomic E-state index is 0.200. The van der Waals surface area contributed by atoms with Crippen molar-refractivity contribution in [1.29, 1.82) is 0 Å². The third-order valence-corrected chi connectivity index (χ3v) is 3.73. The molecule has 96 valence electrons. The molecule has 2 aliphatic rings. The zero-order valence-electron chi connectivity index (χ0n) is 10.6. The van der Waals surface area contributed by atoms with E-state index in [9.17, 15) is 4.79 Å². The van der Waals surface area contributed by atoms with Crippen LogP contribution in [0.2, 0.25) is 0 Å². The molecular weight excluding hydrogens is 212 g/mol. The fraction of sp³-hybridized carbons (Fsp3) is 0.786. The van der Waals surface area contributed by atoms with E-state index >= 15 is 0 Å². The Balaban J connectivity index is 1.64. The van der Waals surface area contributed by atoms with Gasteiger partial charge in [-0.2, -0.15) is 0 Å². The van der Waals surface area contributed by atoms with Crippen LogP contribution in [0.4, 0.5) is 0 Å². The number of allylic oxidation sites excluding steroid dienone is 1. The molecule has 3 nitrogen and oxygen atoms in total. The maximum atomic E-state index is 11.8.